The number of methoxy groups -OCH3 is 2. The number of hydrogen-bond acceptors (Lipinski definition) is 5. The van der Waals surface area contributed by atoms with Crippen LogP contribution in [-0.2, 0) is 4.79 Å². The van der Waals surface area contributed by atoms with Gasteiger partial charge in [0.1, 0.15) is 28.8 Å². The van der Waals surface area contributed by atoms with E-state index in [1.54, 1.807) is 0 Å². The van der Waals surface area contributed by atoms with Crippen LogP contribution in [0.1, 0.15) is 23.0 Å². The molecule has 2 atom stereocenters. The van der Waals surface area contributed by atoms with Crippen molar-refractivity contribution in [3.63, 3.8) is 0 Å². The lowest BCUT2D eigenvalue weighted by molar-refractivity contribution is -0.121. The number of ketones is 1. The Morgan fingerprint density at radius 3 is 1.38 bits per heavy atom. The molecule has 0 radical (unpaired) electrons. The summed E-state index contributed by atoms with van der Waals surface area (Å²) in [6.45, 7) is -6.37. The number of Topliss-reactive ketones (excluding diaryl/α,β-unsaturated/α-hetero) is 1. The first-order valence-corrected chi connectivity index (χ1v) is 12.4. The summed E-state index contributed by atoms with van der Waals surface area (Å²) in [4.78, 5) is 13.6. The molecule has 0 heterocycles. The van der Waals surface area contributed by atoms with Crippen molar-refractivity contribution < 1.29 is 41.3 Å². The maximum atomic E-state index is 13.6. The summed E-state index contributed by atoms with van der Waals surface area (Å²) in [5.41, 5.74) is 0.102. The van der Waals surface area contributed by atoms with Crippen LogP contribution < -0.4 is 18.9 Å². The second-order valence-electron chi connectivity index (χ2n) is 6.62. The van der Waals surface area contributed by atoms with Gasteiger partial charge in [0.2, 0.25) is 0 Å². The molecule has 2 aromatic rings. The molecule has 0 N–H and O–H groups in total. The van der Waals surface area contributed by atoms with Crippen molar-refractivity contribution in [3.8, 4) is 23.0 Å². The second-order valence-corrected chi connectivity index (χ2v) is 8.73. The predicted molar refractivity (Wildman–Crippen MR) is 127 cm³/mol. The molecule has 0 fully saturated rings. The molecule has 2 aromatic carbocycles. The van der Waals surface area contributed by atoms with Crippen molar-refractivity contribution in [2.75, 3.05) is 24.9 Å². The summed E-state index contributed by atoms with van der Waals surface area (Å²) in [7, 11) is 2.58. The van der Waals surface area contributed by atoms with Gasteiger partial charge in [-0.05, 0) is 12.1 Å². The summed E-state index contributed by atoms with van der Waals surface area (Å²) in [5.74, 6) is -3.19. The smallest absolute Gasteiger partial charge is 0.387 e. The number of rotatable bonds is 12. The average Bonchev–Trinajstić information content (AvgIpc) is 2.77. The summed E-state index contributed by atoms with van der Waals surface area (Å²) in [5, 5.41) is 0.0731. The van der Waals surface area contributed by atoms with Crippen LogP contribution in [0.5, 0.6) is 23.0 Å². The molecular formula is C21H18Br2Cl2F4O5. The van der Waals surface area contributed by atoms with Gasteiger partial charge in [-0.1, -0.05) is 55.1 Å². The lowest BCUT2D eigenvalue weighted by atomic mass is 9.85. The molecule has 0 aromatic heterocycles. The van der Waals surface area contributed by atoms with E-state index in [1.807, 2.05) is 0 Å². The van der Waals surface area contributed by atoms with Crippen molar-refractivity contribution in [2.45, 2.75) is 25.1 Å². The zero-order valence-corrected chi connectivity index (χ0v) is 22.3. The van der Waals surface area contributed by atoms with Gasteiger partial charge in [0.05, 0.1) is 36.1 Å². The Balaban J connectivity index is 2.62. The fourth-order valence-corrected chi connectivity index (χ4v) is 5.06. The van der Waals surface area contributed by atoms with Crippen LogP contribution >= 0.6 is 55.1 Å². The van der Waals surface area contributed by atoms with Crippen LogP contribution in [0.2, 0.25) is 10.0 Å². The molecule has 0 aliphatic rings. The van der Waals surface area contributed by atoms with Gasteiger partial charge in [0.25, 0.3) is 0 Å². The van der Waals surface area contributed by atoms with Crippen molar-refractivity contribution in [3.05, 3.63) is 45.4 Å². The third kappa shape index (κ3) is 6.83. The van der Waals surface area contributed by atoms with Gasteiger partial charge >= 0.3 is 13.2 Å². The molecule has 0 aliphatic carbocycles. The molecular weight excluding hydrogens is 639 g/mol. The monoisotopic (exact) mass is 654 g/mol. The SMILES string of the molecule is COc1cc(OC(F)F)c(C(CBr)C(=O)C(CBr)c2cc(Cl)c(OC)cc2OC(F)F)cc1Cl. The summed E-state index contributed by atoms with van der Waals surface area (Å²) in [6.07, 6.45) is 0. The number of ether oxygens (including phenoxy) is 4. The van der Waals surface area contributed by atoms with Crippen LogP contribution in [0.3, 0.4) is 0 Å². The summed E-state index contributed by atoms with van der Waals surface area (Å²) >= 11 is 18.8. The number of carbonyl (C=O) groups is 1. The lowest BCUT2D eigenvalue weighted by Crippen LogP contribution is -2.25. The van der Waals surface area contributed by atoms with Crippen molar-refractivity contribution in [1.82, 2.24) is 0 Å². The van der Waals surface area contributed by atoms with E-state index in [0.717, 1.165) is 12.1 Å². The minimum atomic E-state index is -3.19. The molecule has 2 rings (SSSR count). The Bertz CT molecular complexity index is 936. The third-order valence-electron chi connectivity index (χ3n) is 4.75. The Morgan fingerprint density at radius 2 is 1.12 bits per heavy atom. The minimum absolute atomic E-state index is 0.0213. The van der Waals surface area contributed by atoms with E-state index in [-0.39, 0.29) is 54.8 Å². The fourth-order valence-electron chi connectivity index (χ4n) is 3.22. The first-order valence-electron chi connectivity index (χ1n) is 9.37. The normalized spacial score (nSPS) is 13.1. The van der Waals surface area contributed by atoms with Crippen LogP contribution in [0.15, 0.2) is 24.3 Å². The quantitative estimate of drug-likeness (QED) is 0.176. The zero-order chi connectivity index (χ0) is 25.6. The second kappa shape index (κ2) is 13.0. The summed E-state index contributed by atoms with van der Waals surface area (Å²) < 4.78 is 71.6. The van der Waals surface area contributed by atoms with E-state index < -0.39 is 30.8 Å². The van der Waals surface area contributed by atoms with E-state index in [1.165, 1.54) is 26.4 Å². The fraction of sp³-hybridized carbons (Fsp3) is 0.381. The van der Waals surface area contributed by atoms with E-state index in [9.17, 15) is 22.4 Å². The molecule has 5 nitrogen and oxygen atoms in total. The molecule has 0 saturated heterocycles. The van der Waals surface area contributed by atoms with Gasteiger partial charge < -0.3 is 18.9 Å². The molecule has 0 aliphatic heterocycles. The van der Waals surface area contributed by atoms with Gasteiger partial charge in [-0.2, -0.15) is 17.6 Å². The molecule has 0 amide bonds. The molecule has 0 saturated carbocycles. The maximum Gasteiger partial charge on any atom is 0.387 e. The van der Waals surface area contributed by atoms with Crippen molar-refractivity contribution in [2.24, 2.45) is 0 Å². The standard InChI is InChI=1S/C21H18Br2Cl2F4O5/c1-31-17-5-15(33-20(26)27)9(3-13(17)24)11(7-22)19(30)12(8-23)10-4-14(25)18(32-2)6-16(10)34-21(28)29/h3-6,11-12,20-21H,7-8H2,1-2H3. The van der Waals surface area contributed by atoms with Crippen LogP contribution in [0.4, 0.5) is 17.6 Å². The largest absolute Gasteiger partial charge is 0.495 e. The van der Waals surface area contributed by atoms with Gasteiger partial charge in [-0.15, -0.1) is 0 Å². The van der Waals surface area contributed by atoms with Crippen molar-refractivity contribution >= 4 is 60.8 Å². The lowest BCUT2D eigenvalue weighted by Gasteiger charge is -2.25. The van der Waals surface area contributed by atoms with E-state index in [0.29, 0.717) is 0 Å². The Kier molecular flexibility index (Phi) is 11.0. The Labute approximate surface area is 219 Å². The van der Waals surface area contributed by atoms with E-state index in [4.69, 9.17) is 32.7 Å². The number of alkyl halides is 6. The number of benzene rings is 2. The van der Waals surface area contributed by atoms with Crippen LogP contribution in [0, 0.1) is 0 Å². The summed E-state index contributed by atoms with van der Waals surface area (Å²) in [6, 6.07) is 4.85. The first kappa shape index (κ1) is 28.8. The molecule has 188 valence electrons. The predicted octanol–water partition coefficient (Wildman–Crippen LogP) is 7.44. The maximum absolute atomic E-state index is 13.6. The molecule has 34 heavy (non-hydrogen) atoms. The average molecular weight is 657 g/mol. The van der Waals surface area contributed by atoms with Gasteiger partial charge in [-0.25, -0.2) is 0 Å². The Morgan fingerprint density at radius 1 is 0.765 bits per heavy atom. The number of carbonyl (C=O) groups excluding carboxylic acids is 1. The number of halogens is 8. The van der Waals surface area contributed by atoms with E-state index >= 15 is 0 Å². The minimum Gasteiger partial charge on any atom is -0.495 e. The highest BCUT2D eigenvalue weighted by Crippen LogP contribution is 2.43. The third-order valence-corrected chi connectivity index (χ3v) is 6.63. The highest BCUT2D eigenvalue weighted by atomic mass is 79.9. The Hall–Kier alpha value is -1.43. The van der Waals surface area contributed by atoms with Crippen molar-refractivity contribution in [1.29, 1.82) is 0 Å². The van der Waals surface area contributed by atoms with Gasteiger partial charge in [0.15, 0.2) is 0 Å². The zero-order valence-electron chi connectivity index (χ0n) is 17.6. The van der Waals surface area contributed by atoms with Gasteiger partial charge in [-0.3, -0.25) is 4.79 Å². The topological polar surface area (TPSA) is 54.0 Å². The van der Waals surface area contributed by atoms with Crippen LogP contribution in [0.25, 0.3) is 0 Å². The highest BCUT2D eigenvalue weighted by Gasteiger charge is 2.34. The van der Waals surface area contributed by atoms with Crippen LogP contribution in [-0.4, -0.2) is 43.9 Å². The molecule has 0 bridgehead atoms. The van der Waals surface area contributed by atoms with E-state index in [2.05, 4.69) is 41.3 Å². The first-order chi connectivity index (χ1) is 16.1. The number of hydrogen-bond donors (Lipinski definition) is 0. The molecule has 0 spiro atoms. The highest BCUT2D eigenvalue weighted by molar-refractivity contribution is 9.09. The molecule has 13 heteroatoms. The van der Waals surface area contributed by atoms with Gasteiger partial charge in [0, 0.05) is 33.9 Å². The molecule has 2 unspecified atom stereocenters.